The van der Waals surface area contributed by atoms with E-state index in [1.54, 1.807) is 9.58 Å². The molecule has 158 valence electrons. The molecule has 2 rings (SSSR count). The van der Waals surface area contributed by atoms with E-state index in [0.717, 1.165) is 23.4 Å². The molecule has 0 radical (unpaired) electrons. The number of hydrogen-bond acceptors (Lipinski definition) is 3. The Balaban J connectivity index is 2.30. The molecule has 0 aliphatic heterocycles. The third kappa shape index (κ3) is 5.92. The van der Waals surface area contributed by atoms with Crippen molar-refractivity contribution in [3.63, 3.8) is 0 Å². The first kappa shape index (κ1) is 22.7. The van der Waals surface area contributed by atoms with Crippen molar-refractivity contribution in [3.05, 3.63) is 41.6 Å². The fourth-order valence-electron chi connectivity index (χ4n) is 2.97. The summed E-state index contributed by atoms with van der Waals surface area (Å²) in [7, 11) is 0. The highest BCUT2D eigenvalue weighted by molar-refractivity contribution is 5.94. The molecule has 2 amide bonds. The van der Waals surface area contributed by atoms with Crippen molar-refractivity contribution in [1.29, 1.82) is 0 Å². The normalized spacial score (nSPS) is 11.6. The number of nitrogens with zero attached hydrogens (tertiary/aromatic N) is 3. The Bertz CT molecular complexity index is 845. The Kier molecular flexibility index (Phi) is 7.22. The SMILES string of the molecule is CCCC(=O)N(CC(=O)Nc1cc(C(C)(C)C)nn1-c1ccc(C)cc1)C(C)C. The second-order valence-electron chi connectivity index (χ2n) is 8.83. The van der Waals surface area contributed by atoms with E-state index < -0.39 is 0 Å². The number of aromatic nitrogens is 2. The smallest absolute Gasteiger partial charge is 0.245 e. The molecular formula is C23H34N4O2. The lowest BCUT2D eigenvalue weighted by molar-refractivity contribution is -0.136. The number of amides is 2. The molecule has 0 fully saturated rings. The van der Waals surface area contributed by atoms with Gasteiger partial charge in [-0.15, -0.1) is 0 Å². The van der Waals surface area contributed by atoms with Crippen LogP contribution in [-0.4, -0.2) is 39.1 Å². The van der Waals surface area contributed by atoms with Crippen LogP contribution in [0.15, 0.2) is 30.3 Å². The average Bonchev–Trinajstić information content (AvgIpc) is 3.04. The number of hydrogen-bond donors (Lipinski definition) is 1. The summed E-state index contributed by atoms with van der Waals surface area (Å²) >= 11 is 0. The molecule has 1 aromatic heterocycles. The van der Waals surface area contributed by atoms with Crippen LogP contribution in [0.2, 0.25) is 0 Å². The van der Waals surface area contributed by atoms with Crippen LogP contribution < -0.4 is 5.32 Å². The van der Waals surface area contributed by atoms with Gasteiger partial charge >= 0.3 is 0 Å². The van der Waals surface area contributed by atoms with Crippen molar-refractivity contribution in [2.24, 2.45) is 0 Å². The molecule has 0 saturated heterocycles. The first-order valence-electron chi connectivity index (χ1n) is 10.3. The van der Waals surface area contributed by atoms with E-state index >= 15 is 0 Å². The van der Waals surface area contributed by atoms with Crippen LogP contribution in [0.1, 0.15) is 65.6 Å². The van der Waals surface area contributed by atoms with Crippen LogP contribution in [0.5, 0.6) is 0 Å². The summed E-state index contributed by atoms with van der Waals surface area (Å²) in [6, 6.07) is 9.87. The van der Waals surface area contributed by atoms with Crippen molar-refractivity contribution in [1.82, 2.24) is 14.7 Å². The molecule has 1 heterocycles. The number of nitrogens with one attached hydrogen (secondary N) is 1. The lowest BCUT2D eigenvalue weighted by atomic mass is 9.92. The minimum atomic E-state index is -0.225. The van der Waals surface area contributed by atoms with Gasteiger partial charge < -0.3 is 10.2 Å². The molecule has 0 saturated carbocycles. The highest BCUT2D eigenvalue weighted by Gasteiger charge is 2.23. The highest BCUT2D eigenvalue weighted by atomic mass is 16.2. The lowest BCUT2D eigenvalue weighted by Gasteiger charge is -2.26. The fourth-order valence-corrected chi connectivity index (χ4v) is 2.97. The van der Waals surface area contributed by atoms with E-state index in [2.05, 4.69) is 26.1 Å². The number of anilines is 1. The first-order chi connectivity index (χ1) is 13.5. The Labute approximate surface area is 174 Å². The van der Waals surface area contributed by atoms with Gasteiger partial charge in [-0.25, -0.2) is 4.68 Å². The van der Waals surface area contributed by atoms with E-state index in [4.69, 9.17) is 5.10 Å². The number of aryl methyl sites for hydroxylation is 1. The Morgan fingerprint density at radius 2 is 1.79 bits per heavy atom. The van der Waals surface area contributed by atoms with Gasteiger partial charge in [0.15, 0.2) is 0 Å². The lowest BCUT2D eigenvalue weighted by Crippen LogP contribution is -2.42. The zero-order chi connectivity index (χ0) is 21.8. The molecule has 1 N–H and O–H groups in total. The van der Waals surface area contributed by atoms with Gasteiger partial charge in [-0.05, 0) is 39.3 Å². The Hall–Kier alpha value is -2.63. The minimum absolute atomic E-state index is 0.0000674. The Morgan fingerprint density at radius 1 is 1.17 bits per heavy atom. The summed E-state index contributed by atoms with van der Waals surface area (Å²) in [5, 5.41) is 7.70. The fraction of sp³-hybridized carbons (Fsp3) is 0.522. The second-order valence-corrected chi connectivity index (χ2v) is 8.83. The van der Waals surface area contributed by atoms with Crippen molar-refractivity contribution >= 4 is 17.6 Å². The van der Waals surface area contributed by atoms with Crippen LogP contribution in [0.4, 0.5) is 5.82 Å². The van der Waals surface area contributed by atoms with E-state index in [1.807, 2.05) is 58.0 Å². The summed E-state index contributed by atoms with van der Waals surface area (Å²) in [4.78, 5) is 26.8. The van der Waals surface area contributed by atoms with Crippen LogP contribution in [0.3, 0.4) is 0 Å². The molecular weight excluding hydrogens is 364 g/mol. The standard InChI is InChI=1S/C23H34N4O2/c1-8-9-22(29)26(16(2)3)15-21(28)24-20-14-19(23(5,6)7)25-27(20)18-12-10-17(4)11-13-18/h10-14,16H,8-9,15H2,1-7H3,(H,24,28). The Morgan fingerprint density at radius 3 is 2.31 bits per heavy atom. The summed E-state index contributed by atoms with van der Waals surface area (Å²) in [6.45, 7) is 14.1. The summed E-state index contributed by atoms with van der Waals surface area (Å²) in [6.07, 6.45) is 1.21. The molecule has 2 aromatic rings. The van der Waals surface area contributed by atoms with Crippen molar-refractivity contribution in [2.45, 2.75) is 72.8 Å². The van der Waals surface area contributed by atoms with Gasteiger partial charge in [-0.3, -0.25) is 9.59 Å². The molecule has 0 atom stereocenters. The van der Waals surface area contributed by atoms with Gasteiger partial charge in [0.05, 0.1) is 11.4 Å². The number of rotatable bonds is 7. The third-order valence-corrected chi connectivity index (χ3v) is 4.75. The number of benzene rings is 1. The maximum Gasteiger partial charge on any atom is 0.245 e. The van der Waals surface area contributed by atoms with E-state index in [9.17, 15) is 9.59 Å². The van der Waals surface area contributed by atoms with Crippen molar-refractivity contribution in [2.75, 3.05) is 11.9 Å². The predicted molar refractivity (Wildman–Crippen MR) is 117 cm³/mol. The molecule has 6 nitrogen and oxygen atoms in total. The van der Waals surface area contributed by atoms with Gasteiger partial charge in [0.2, 0.25) is 11.8 Å². The van der Waals surface area contributed by atoms with Gasteiger partial charge in [-0.1, -0.05) is 45.4 Å². The summed E-state index contributed by atoms with van der Waals surface area (Å²) < 4.78 is 1.76. The van der Waals surface area contributed by atoms with E-state index in [0.29, 0.717) is 12.2 Å². The number of carbonyl (C=O) groups excluding carboxylic acids is 2. The minimum Gasteiger partial charge on any atom is -0.331 e. The predicted octanol–water partition coefficient (Wildman–Crippen LogP) is 4.45. The maximum absolute atomic E-state index is 12.8. The summed E-state index contributed by atoms with van der Waals surface area (Å²) in [5.74, 6) is 0.382. The van der Waals surface area contributed by atoms with Crippen molar-refractivity contribution < 1.29 is 9.59 Å². The topological polar surface area (TPSA) is 67.2 Å². The van der Waals surface area contributed by atoms with Gasteiger partial charge in [-0.2, -0.15) is 5.10 Å². The van der Waals surface area contributed by atoms with Crippen LogP contribution in [0.25, 0.3) is 5.69 Å². The van der Waals surface area contributed by atoms with Crippen LogP contribution in [0, 0.1) is 6.92 Å². The largest absolute Gasteiger partial charge is 0.331 e. The molecule has 0 aliphatic carbocycles. The first-order valence-corrected chi connectivity index (χ1v) is 10.3. The molecule has 1 aromatic carbocycles. The maximum atomic E-state index is 12.8. The summed E-state index contributed by atoms with van der Waals surface area (Å²) in [5.41, 5.74) is 2.76. The van der Waals surface area contributed by atoms with E-state index in [1.165, 1.54) is 0 Å². The quantitative estimate of drug-likeness (QED) is 0.749. The second kappa shape index (κ2) is 9.25. The van der Waals surface area contributed by atoms with Gasteiger partial charge in [0.25, 0.3) is 0 Å². The van der Waals surface area contributed by atoms with Gasteiger partial charge in [0, 0.05) is 23.9 Å². The number of carbonyl (C=O) groups is 2. The van der Waals surface area contributed by atoms with Crippen LogP contribution >= 0.6 is 0 Å². The van der Waals surface area contributed by atoms with Gasteiger partial charge in [0.1, 0.15) is 12.4 Å². The monoisotopic (exact) mass is 398 g/mol. The molecule has 6 heteroatoms. The molecule has 0 bridgehead atoms. The van der Waals surface area contributed by atoms with Crippen LogP contribution in [-0.2, 0) is 15.0 Å². The molecule has 29 heavy (non-hydrogen) atoms. The molecule has 0 spiro atoms. The highest BCUT2D eigenvalue weighted by Crippen LogP contribution is 2.26. The molecule has 0 unspecified atom stereocenters. The zero-order valence-corrected chi connectivity index (χ0v) is 18.7. The van der Waals surface area contributed by atoms with Crippen molar-refractivity contribution in [3.8, 4) is 5.69 Å². The molecule has 0 aliphatic rings. The third-order valence-electron chi connectivity index (χ3n) is 4.75. The zero-order valence-electron chi connectivity index (χ0n) is 18.7. The average molecular weight is 399 g/mol. The van der Waals surface area contributed by atoms with E-state index in [-0.39, 0.29) is 29.8 Å².